The molecule has 9 heteroatoms. The summed E-state index contributed by atoms with van der Waals surface area (Å²) in [6, 6.07) is 0. The van der Waals surface area contributed by atoms with Crippen LogP contribution in [0.15, 0.2) is 48.6 Å². The van der Waals surface area contributed by atoms with E-state index >= 15 is 0 Å². The van der Waals surface area contributed by atoms with E-state index in [0.29, 0.717) is 0 Å². The number of aliphatic carboxylic acids is 4. The fourth-order valence-electron chi connectivity index (χ4n) is 0. The molecule has 0 rings (SSSR count). The van der Waals surface area contributed by atoms with Crippen molar-refractivity contribution in [2.24, 2.45) is 0 Å². The lowest BCUT2D eigenvalue weighted by atomic mass is 10.4. The molecule has 27 heavy (non-hydrogen) atoms. The van der Waals surface area contributed by atoms with E-state index in [0.717, 1.165) is 0 Å². The van der Waals surface area contributed by atoms with E-state index in [2.05, 4.69) is 26.3 Å². The topological polar surface area (TPSA) is 169 Å². The summed E-state index contributed by atoms with van der Waals surface area (Å²) in [5, 5.41) is 39.1. The normalized spacial score (nSPS) is 7.33. The van der Waals surface area contributed by atoms with Crippen LogP contribution in [-0.4, -0.2) is 56.0 Å². The molecule has 0 fully saturated rings. The minimum Gasteiger partial charge on any atom is -0.478 e. The van der Waals surface area contributed by atoms with Gasteiger partial charge in [-0.1, -0.05) is 26.3 Å². The van der Waals surface area contributed by atoms with E-state index in [9.17, 15) is 19.2 Å². The standard InChI is InChI=1S/4C4H6O2.C2H6O/c4*1-3(2)4(5)6;1-2-3/h4*1H2,2H3,(H,5,6);3H,2H2,1H3. The van der Waals surface area contributed by atoms with Gasteiger partial charge in [-0.3, -0.25) is 0 Å². The summed E-state index contributed by atoms with van der Waals surface area (Å²) >= 11 is 0. The van der Waals surface area contributed by atoms with Crippen molar-refractivity contribution in [3.63, 3.8) is 0 Å². The van der Waals surface area contributed by atoms with Crippen LogP contribution < -0.4 is 0 Å². The lowest BCUT2D eigenvalue weighted by Gasteiger charge is -1.79. The smallest absolute Gasteiger partial charge is 0.330 e. The number of aliphatic hydroxyl groups excluding tert-OH is 1. The molecule has 0 saturated heterocycles. The van der Waals surface area contributed by atoms with E-state index < -0.39 is 23.9 Å². The molecule has 0 atom stereocenters. The van der Waals surface area contributed by atoms with Crippen molar-refractivity contribution < 1.29 is 44.7 Å². The third-order valence-electron chi connectivity index (χ3n) is 1.46. The Balaban J connectivity index is -0.0000000760. The molecular formula is C18H30O9. The maximum absolute atomic E-state index is 9.60. The molecule has 0 aromatic rings. The van der Waals surface area contributed by atoms with Crippen LogP contribution in [0, 0.1) is 0 Å². The molecular weight excluding hydrogens is 360 g/mol. The van der Waals surface area contributed by atoms with Gasteiger partial charge in [-0.25, -0.2) is 19.2 Å². The first kappa shape index (κ1) is 35.0. The van der Waals surface area contributed by atoms with Gasteiger partial charge in [0.1, 0.15) is 0 Å². The molecule has 9 nitrogen and oxygen atoms in total. The summed E-state index contributed by atoms with van der Waals surface area (Å²) in [5.41, 5.74) is 0.704. The Morgan fingerprint density at radius 1 is 0.556 bits per heavy atom. The Hall–Kier alpha value is -3.20. The van der Waals surface area contributed by atoms with Crippen LogP contribution in [0.5, 0.6) is 0 Å². The average molecular weight is 390 g/mol. The molecule has 0 aliphatic heterocycles. The number of carboxylic acids is 4. The maximum Gasteiger partial charge on any atom is 0.330 e. The lowest BCUT2D eigenvalue weighted by molar-refractivity contribution is -0.133. The van der Waals surface area contributed by atoms with Crippen LogP contribution >= 0.6 is 0 Å². The van der Waals surface area contributed by atoms with E-state index in [-0.39, 0.29) is 28.9 Å². The fourth-order valence-corrected chi connectivity index (χ4v) is 0. The van der Waals surface area contributed by atoms with E-state index in [1.165, 1.54) is 27.7 Å². The first-order chi connectivity index (χ1) is 12.0. The van der Waals surface area contributed by atoms with Gasteiger partial charge in [-0.15, -0.1) is 0 Å². The largest absolute Gasteiger partial charge is 0.478 e. The molecule has 0 bridgehead atoms. The van der Waals surface area contributed by atoms with E-state index in [1.807, 2.05) is 0 Å². The van der Waals surface area contributed by atoms with Gasteiger partial charge in [0.05, 0.1) is 0 Å². The summed E-state index contributed by atoms with van der Waals surface area (Å²) in [6.45, 7) is 20.3. The molecule has 0 aliphatic carbocycles. The Morgan fingerprint density at radius 2 is 0.593 bits per heavy atom. The summed E-state index contributed by atoms with van der Waals surface area (Å²) in [6.07, 6.45) is 0. The SMILES string of the molecule is C=C(C)C(=O)O.C=C(C)C(=O)O.C=C(C)C(=O)O.C=C(C)C(=O)O.CCO. The van der Waals surface area contributed by atoms with Gasteiger partial charge in [0.15, 0.2) is 0 Å². The highest BCUT2D eigenvalue weighted by Crippen LogP contribution is 1.82. The quantitative estimate of drug-likeness (QED) is 0.453. The Labute approximate surface area is 159 Å². The second-order valence-corrected chi connectivity index (χ2v) is 4.66. The van der Waals surface area contributed by atoms with E-state index in [4.69, 9.17) is 25.5 Å². The Morgan fingerprint density at radius 3 is 0.593 bits per heavy atom. The van der Waals surface area contributed by atoms with Gasteiger partial charge >= 0.3 is 23.9 Å². The molecule has 0 radical (unpaired) electrons. The number of hydrogen-bond acceptors (Lipinski definition) is 5. The molecule has 5 N–H and O–H groups in total. The fraction of sp³-hybridized carbons (Fsp3) is 0.333. The predicted molar refractivity (Wildman–Crippen MR) is 103 cm³/mol. The lowest BCUT2D eigenvalue weighted by Crippen LogP contribution is -1.92. The molecule has 0 amide bonds. The zero-order chi connectivity index (χ0) is 23.3. The third-order valence-corrected chi connectivity index (χ3v) is 1.46. The molecule has 0 spiro atoms. The van der Waals surface area contributed by atoms with Crippen molar-refractivity contribution in [3.8, 4) is 0 Å². The van der Waals surface area contributed by atoms with Gasteiger partial charge in [-0.05, 0) is 34.6 Å². The van der Waals surface area contributed by atoms with Crippen molar-refractivity contribution in [2.45, 2.75) is 34.6 Å². The Bertz CT molecular complexity index is 399. The first-order valence-corrected chi connectivity index (χ1v) is 7.15. The van der Waals surface area contributed by atoms with Crippen LogP contribution in [0.1, 0.15) is 34.6 Å². The second kappa shape index (κ2) is 22.8. The molecule has 156 valence electrons. The van der Waals surface area contributed by atoms with Crippen molar-refractivity contribution >= 4 is 23.9 Å². The van der Waals surface area contributed by atoms with Crippen LogP contribution in [0.4, 0.5) is 0 Å². The van der Waals surface area contributed by atoms with Crippen molar-refractivity contribution in [1.82, 2.24) is 0 Å². The van der Waals surface area contributed by atoms with Crippen LogP contribution in [0.3, 0.4) is 0 Å². The van der Waals surface area contributed by atoms with Gasteiger partial charge in [0.2, 0.25) is 0 Å². The molecule has 0 aromatic heterocycles. The number of carboxylic acid groups (broad SMARTS) is 4. The number of aliphatic hydroxyl groups is 1. The maximum atomic E-state index is 9.60. The molecule has 0 aliphatic rings. The van der Waals surface area contributed by atoms with E-state index in [1.54, 1.807) is 6.92 Å². The van der Waals surface area contributed by atoms with Gasteiger partial charge in [-0.2, -0.15) is 0 Å². The first-order valence-electron chi connectivity index (χ1n) is 7.15. The van der Waals surface area contributed by atoms with Crippen molar-refractivity contribution in [3.05, 3.63) is 48.6 Å². The molecule has 0 unspecified atom stereocenters. The summed E-state index contributed by atoms with van der Waals surface area (Å²) < 4.78 is 0. The zero-order valence-electron chi connectivity index (χ0n) is 16.4. The predicted octanol–water partition coefficient (Wildman–Crippen LogP) is 2.59. The highest BCUT2D eigenvalue weighted by molar-refractivity contribution is 5.85. The van der Waals surface area contributed by atoms with Crippen LogP contribution in [-0.2, 0) is 19.2 Å². The Kier molecular flexibility index (Phi) is 29.6. The third kappa shape index (κ3) is 60.2. The second-order valence-electron chi connectivity index (χ2n) is 4.66. The summed E-state index contributed by atoms with van der Waals surface area (Å²) in [7, 11) is 0. The minimum atomic E-state index is -0.935. The number of carbonyl (C=O) groups is 4. The highest BCUT2D eigenvalue weighted by atomic mass is 16.4. The van der Waals surface area contributed by atoms with Crippen molar-refractivity contribution in [2.75, 3.05) is 6.61 Å². The monoisotopic (exact) mass is 390 g/mol. The minimum absolute atomic E-state index is 0.176. The van der Waals surface area contributed by atoms with Crippen LogP contribution in [0.25, 0.3) is 0 Å². The van der Waals surface area contributed by atoms with Crippen LogP contribution in [0.2, 0.25) is 0 Å². The summed E-state index contributed by atoms with van der Waals surface area (Å²) in [4.78, 5) is 38.4. The van der Waals surface area contributed by atoms with Crippen molar-refractivity contribution in [1.29, 1.82) is 0 Å². The molecule has 0 heterocycles. The van der Waals surface area contributed by atoms with Gasteiger partial charge < -0.3 is 25.5 Å². The van der Waals surface area contributed by atoms with Gasteiger partial charge in [0, 0.05) is 28.9 Å². The summed E-state index contributed by atoms with van der Waals surface area (Å²) in [5.74, 6) is -3.74. The number of hydrogen-bond donors (Lipinski definition) is 5. The number of rotatable bonds is 4. The average Bonchev–Trinajstić information content (AvgIpc) is 2.49. The van der Waals surface area contributed by atoms with Gasteiger partial charge in [0.25, 0.3) is 0 Å². The molecule has 0 saturated carbocycles. The zero-order valence-corrected chi connectivity index (χ0v) is 16.4. The molecule has 0 aromatic carbocycles. The highest BCUT2D eigenvalue weighted by Gasteiger charge is 1.91.